The van der Waals surface area contributed by atoms with Gasteiger partial charge in [-0.05, 0) is 30.0 Å². The van der Waals surface area contributed by atoms with Gasteiger partial charge in [-0.25, -0.2) is 13.2 Å². The number of piperazine rings is 1. The van der Waals surface area contributed by atoms with E-state index in [1.807, 2.05) is 12.1 Å². The van der Waals surface area contributed by atoms with Gasteiger partial charge in [0.2, 0.25) is 15.9 Å². The van der Waals surface area contributed by atoms with Crippen molar-refractivity contribution in [2.75, 3.05) is 53.0 Å². The number of sulfonamides is 1. The van der Waals surface area contributed by atoms with Gasteiger partial charge in [-0.15, -0.1) is 0 Å². The van der Waals surface area contributed by atoms with Crippen LogP contribution < -0.4 is 5.32 Å². The van der Waals surface area contributed by atoms with Gasteiger partial charge in [0.1, 0.15) is 0 Å². The summed E-state index contributed by atoms with van der Waals surface area (Å²) >= 11 is 0. The number of methoxy groups -OCH3 is 1. The molecule has 1 aliphatic rings. The number of hydrogen-bond acceptors (Lipinski definition) is 6. The summed E-state index contributed by atoms with van der Waals surface area (Å²) in [5.41, 5.74) is 1.10. The van der Waals surface area contributed by atoms with Gasteiger partial charge in [-0.2, -0.15) is 17.5 Å². The minimum Gasteiger partial charge on any atom is -0.475 e. The van der Waals surface area contributed by atoms with Crippen molar-refractivity contribution in [3.05, 3.63) is 29.8 Å². The lowest BCUT2D eigenvalue weighted by Crippen LogP contribution is -2.50. The van der Waals surface area contributed by atoms with Crippen LogP contribution in [0.15, 0.2) is 29.2 Å². The van der Waals surface area contributed by atoms with Crippen LogP contribution in [-0.4, -0.2) is 93.8 Å². The highest BCUT2D eigenvalue weighted by atomic mass is 32.2. The number of carbonyl (C=O) groups is 2. The number of benzene rings is 1. The molecule has 9 nitrogen and oxygen atoms in total. The predicted octanol–water partition coefficient (Wildman–Crippen LogP) is 1.59. The fourth-order valence-electron chi connectivity index (χ4n) is 3.06. The van der Waals surface area contributed by atoms with E-state index in [4.69, 9.17) is 14.6 Å². The van der Waals surface area contributed by atoms with Gasteiger partial charge in [0.15, 0.2) is 0 Å². The molecule has 1 amide bonds. The molecule has 34 heavy (non-hydrogen) atoms. The zero-order valence-electron chi connectivity index (χ0n) is 19.5. The lowest BCUT2D eigenvalue weighted by atomic mass is 10.0. The van der Waals surface area contributed by atoms with Crippen LogP contribution in [0.1, 0.15) is 19.4 Å². The predicted molar refractivity (Wildman–Crippen MR) is 119 cm³/mol. The largest absolute Gasteiger partial charge is 0.490 e. The third-order valence-electron chi connectivity index (χ3n) is 4.77. The van der Waals surface area contributed by atoms with Gasteiger partial charge in [-0.1, -0.05) is 26.0 Å². The number of amides is 1. The summed E-state index contributed by atoms with van der Waals surface area (Å²) < 4.78 is 64.2. The van der Waals surface area contributed by atoms with Crippen molar-refractivity contribution in [1.29, 1.82) is 0 Å². The van der Waals surface area contributed by atoms with Crippen molar-refractivity contribution in [3.8, 4) is 0 Å². The van der Waals surface area contributed by atoms with Gasteiger partial charge < -0.3 is 20.1 Å². The molecule has 2 rings (SSSR count). The van der Waals surface area contributed by atoms with Crippen LogP contribution >= 0.6 is 0 Å². The third kappa shape index (κ3) is 9.95. The number of aliphatic carboxylic acids is 1. The first-order chi connectivity index (χ1) is 15.8. The number of rotatable bonds is 9. The van der Waals surface area contributed by atoms with Gasteiger partial charge >= 0.3 is 12.1 Å². The Morgan fingerprint density at radius 3 is 2.15 bits per heavy atom. The van der Waals surface area contributed by atoms with E-state index in [1.165, 1.54) is 11.4 Å². The molecule has 0 unspecified atom stereocenters. The first-order valence-electron chi connectivity index (χ1n) is 10.7. The van der Waals surface area contributed by atoms with E-state index in [0.717, 1.165) is 25.1 Å². The van der Waals surface area contributed by atoms with E-state index < -0.39 is 22.2 Å². The number of halogens is 3. The molecule has 0 atom stereocenters. The standard InChI is InChI=1S/C19H31N3O4S.C2HF3O2/c1-16(2)14-17-4-6-18(7-5-17)27(24,25)22(12-13-26-3)15-19(23)21-10-8-20-9-11-21;3-2(4,5)1(6)7/h4-7,16,20H,8-15H2,1-3H3;(H,6,7). The molecule has 0 spiro atoms. The highest BCUT2D eigenvalue weighted by molar-refractivity contribution is 7.89. The highest BCUT2D eigenvalue weighted by Crippen LogP contribution is 2.18. The molecule has 0 bridgehead atoms. The number of carbonyl (C=O) groups excluding carboxylic acids is 1. The Labute approximate surface area is 197 Å². The first-order valence-corrected chi connectivity index (χ1v) is 12.1. The van der Waals surface area contributed by atoms with E-state index in [9.17, 15) is 26.4 Å². The Morgan fingerprint density at radius 1 is 1.18 bits per heavy atom. The third-order valence-corrected chi connectivity index (χ3v) is 6.63. The molecule has 2 N–H and O–H groups in total. The molecule has 0 aromatic heterocycles. The maximum Gasteiger partial charge on any atom is 0.490 e. The van der Waals surface area contributed by atoms with Crippen LogP contribution in [0.4, 0.5) is 13.2 Å². The molecule has 1 heterocycles. The fraction of sp³-hybridized carbons (Fsp3) is 0.619. The number of carboxylic acids is 1. The number of nitrogens with zero attached hydrogens (tertiary/aromatic N) is 2. The molecule has 194 valence electrons. The van der Waals surface area contributed by atoms with Crippen molar-refractivity contribution < 1.29 is 41.0 Å². The normalized spacial score (nSPS) is 14.6. The van der Waals surface area contributed by atoms with Crippen LogP contribution in [0, 0.1) is 5.92 Å². The topological polar surface area (TPSA) is 116 Å². The van der Waals surface area contributed by atoms with Crippen LogP contribution in [0.25, 0.3) is 0 Å². The number of nitrogens with one attached hydrogen (secondary N) is 1. The summed E-state index contributed by atoms with van der Waals surface area (Å²) in [5, 5.41) is 10.3. The first kappa shape index (κ1) is 29.8. The Morgan fingerprint density at radius 2 is 1.71 bits per heavy atom. The van der Waals surface area contributed by atoms with Crippen LogP contribution in [0.3, 0.4) is 0 Å². The summed E-state index contributed by atoms with van der Waals surface area (Å²) in [5.74, 6) is -2.43. The average Bonchev–Trinajstić information content (AvgIpc) is 2.76. The summed E-state index contributed by atoms with van der Waals surface area (Å²) in [7, 11) is -2.24. The SMILES string of the molecule is COCCN(CC(=O)N1CCNCC1)S(=O)(=O)c1ccc(CC(C)C)cc1.O=C(O)C(F)(F)F. The average molecular weight is 512 g/mol. The lowest BCUT2D eigenvalue weighted by Gasteiger charge is -2.30. The van der Waals surface area contributed by atoms with Crippen molar-refractivity contribution in [1.82, 2.24) is 14.5 Å². The Hall–Kier alpha value is -2.22. The summed E-state index contributed by atoms with van der Waals surface area (Å²) in [6.07, 6.45) is -4.19. The van der Waals surface area contributed by atoms with Crippen molar-refractivity contribution in [3.63, 3.8) is 0 Å². The number of alkyl halides is 3. The molecule has 1 fully saturated rings. The molecule has 1 aromatic carbocycles. The molecule has 1 saturated heterocycles. The zero-order chi connectivity index (χ0) is 25.9. The molecule has 13 heteroatoms. The van der Waals surface area contributed by atoms with E-state index >= 15 is 0 Å². The minimum atomic E-state index is -5.08. The smallest absolute Gasteiger partial charge is 0.475 e. The number of ether oxygens (including phenoxy) is 1. The molecule has 0 radical (unpaired) electrons. The minimum absolute atomic E-state index is 0.143. The molecule has 0 aliphatic carbocycles. The second-order valence-corrected chi connectivity index (χ2v) is 9.94. The Balaban J connectivity index is 0.000000718. The quantitative estimate of drug-likeness (QED) is 0.517. The second-order valence-electron chi connectivity index (χ2n) is 8.01. The van der Waals surface area contributed by atoms with Gasteiger partial charge in [0, 0.05) is 39.8 Å². The summed E-state index contributed by atoms with van der Waals surface area (Å²) in [4.78, 5) is 23.4. The maximum absolute atomic E-state index is 13.1. The molecular formula is C21H32F3N3O6S. The van der Waals surface area contributed by atoms with Crippen molar-refractivity contribution >= 4 is 21.9 Å². The highest BCUT2D eigenvalue weighted by Gasteiger charge is 2.38. The van der Waals surface area contributed by atoms with Crippen LogP contribution in [0.5, 0.6) is 0 Å². The second kappa shape index (κ2) is 13.6. The van der Waals surface area contributed by atoms with Crippen molar-refractivity contribution in [2.24, 2.45) is 5.92 Å². The van der Waals surface area contributed by atoms with Crippen LogP contribution in [-0.2, 0) is 30.8 Å². The number of hydrogen-bond donors (Lipinski definition) is 2. The molecule has 0 saturated carbocycles. The van der Waals surface area contributed by atoms with E-state index in [1.54, 1.807) is 17.0 Å². The van der Waals surface area contributed by atoms with E-state index in [-0.39, 0.29) is 30.5 Å². The maximum atomic E-state index is 13.1. The van der Waals surface area contributed by atoms with Gasteiger partial charge in [0.05, 0.1) is 18.0 Å². The van der Waals surface area contributed by atoms with Crippen molar-refractivity contribution in [2.45, 2.75) is 31.3 Å². The van der Waals surface area contributed by atoms with Gasteiger partial charge in [0.25, 0.3) is 0 Å². The van der Waals surface area contributed by atoms with E-state index in [0.29, 0.717) is 19.0 Å². The molecular weight excluding hydrogens is 479 g/mol. The summed E-state index contributed by atoms with van der Waals surface area (Å²) in [6.45, 7) is 7.12. The van der Waals surface area contributed by atoms with Gasteiger partial charge in [-0.3, -0.25) is 4.79 Å². The zero-order valence-corrected chi connectivity index (χ0v) is 20.3. The molecule has 1 aromatic rings. The lowest BCUT2D eigenvalue weighted by molar-refractivity contribution is -0.192. The molecule has 1 aliphatic heterocycles. The number of carboxylic acid groups (broad SMARTS) is 1. The Kier molecular flexibility index (Phi) is 11.9. The van der Waals surface area contributed by atoms with E-state index in [2.05, 4.69) is 19.2 Å². The summed E-state index contributed by atoms with van der Waals surface area (Å²) in [6, 6.07) is 6.95. The fourth-order valence-corrected chi connectivity index (χ4v) is 4.43. The Bertz CT molecular complexity index is 886. The van der Waals surface area contributed by atoms with Crippen LogP contribution in [0.2, 0.25) is 0 Å². The monoisotopic (exact) mass is 511 g/mol.